The normalized spacial score (nSPS) is 13.9. The van der Waals surface area contributed by atoms with E-state index in [-0.39, 0.29) is 17.9 Å². The van der Waals surface area contributed by atoms with Gasteiger partial charge in [0.2, 0.25) is 11.9 Å². The van der Waals surface area contributed by atoms with Crippen molar-refractivity contribution in [2.24, 2.45) is 0 Å². The zero-order chi connectivity index (χ0) is 21.6. The Bertz CT molecular complexity index is 1090. The lowest BCUT2D eigenvalue weighted by molar-refractivity contribution is -0.116. The van der Waals surface area contributed by atoms with Gasteiger partial charge < -0.3 is 15.0 Å². The Hall–Kier alpha value is -3.46. The quantitative estimate of drug-likeness (QED) is 0.601. The topological polar surface area (TPSA) is 105 Å². The highest BCUT2D eigenvalue weighted by Gasteiger charge is 2.17. The van der Waals surface area contributed by atoms with Crippen molar-refractivity contribution in [2.75, 3.05) is 36.5 Å². The summed E-state index contributed by atoms with van der Waals surface area (Å²) in [5, 5.41) is 7.18. The van der Waals surface area contributed by atoms with Gasteiger partial charge in [0.25, 0.3) is 5.56 Å². The number of hydrogen-bond acceptors (Lipinski definition) is 6. The molecule has 1 aliphatic rings. The molecule has 0 aliphatic carbocycles. The van der Waals surface area contributed by atoms with Gasteiger partial charge in [-0.25, -0.2) is 9.67 Å². The maximum atomic E-state index is 12.6. The molecule has 1 aliphatic heterocycles. The molecule has 9 heteroatoms. The number of carbonyl (C=O) groups excluding carboxylic acids is 1. The molecule has 1 fully saturated rings. The molecule has 4 rings (SSSR count). The molecule has 0 spiro atoms. The van der Waals surface area contributed by atoms with Crippen molar-refractivity contribution in [3.05, 3.63) is 69.8 Å². The summed E-state index contributed by atoms with van der Waals surface area (Å²) in [5.41, 5.74) is 2.07. The number of aromatic nitrogens is 4. The van der Waals surface area contributed by atoms with Crippen molar-refractivity contribution < 1.29 is 9.53 Å². The Morgan fingerprint density at radius 3 is 2.71 bits per heavy atom. The highest BCUT2D eigenvalue weighted by atomic mass is 16.5. The molecule has 0 atom stereocenters. The zero-order valence-electron chi connectivity index (χ0n) is 17.5. The highest BCUT2D eigenvalue weighted by molar-refractivity contribution is 5.90. The first-order chi connectivity index (χ1) is 15.1. The van der Waals surface area contributed by atoms with Gasteiger partial charge in [0.1, 0.15) is 5.82 Å². The Morgan fingerprint density at radius 2 is 1.97 bits per heavy atom. The van der Waals surface area contributed by atoms with E-state index in [2.05, 4.69) is 20.4 Å². The van der Waals surface area contributed by atoms with Crippen molar-refractivity contribution in [3.63, 3.8) is 0 Å². The van der Waals surface area contributed by atoms with E-state index in [4.69, 9.17) is 4.74 Å². The van der Waals surface area contributed by atoms with Gasteiger partial charge >= 0.3 is 0 Å². The number of H-pyrrole nitrogens is 1. The third kappa shape index (κ3) is 5.18. The molecular weight excluding hydrogens is 396 g/mol. The van der Waals surface area contributed by atoms with Gasteiger partial charge in [-0.3, -0.25) is 14.6 Å². The van der Waals surface area contributed by atoms with Crippen LogP contribution in [0.15, 0.2) is 47.4 Å². The minimum absolute atomic E-state index is 0.175. The standard InChI is InChI=1S/C22H26N6O3/c1-16-18(21(30)26-22(24-16)27-11-13-31-14-12-27)7-8-20(29)25-19-9-10-23-28(19)15-17-5-3-2-4-6-17/h2-6,9-10H,7-8,11-15H2,1H3,(H,25,29)(H,24,26,30). The number of nitrogens with zero attached hydrogens (tertiary/aromatic N) is 4. The third-order valence-electron chi connectivity index (χ3n) is 5.28. The van der Waals surface area contributed by atoms with Crippen LogP contribution in [0, 0.1) is 6.92 Å². The second-order valence-corrected chi connectivity index (χ2v) is 7.46. The lowest BCUT2D eigenvalue weighted by Crippen LogP contribution is -2.38. The predicted molar refractivity (Wildman–Crippen MR) is 117 cm³/mol. The van der Waals surface area contributed by atoms with E-state index in [1.54, 1.807) is 23.9 Å². The van der Waals surface area contributed by atoms with Crippen LogP contribution in [-0.4, -0.2) is 52.0 Å². The van der Waals surface area contributed by atoms with E-state index in [0.29, 0.717) is 62.3 Å². The number of morpholine rings is 1. The first-order valence-corrected chi connectivity index (χ1v) is 10.4. The van der Waals surface area contributed by atoms with Crippen LogP contribution in [0.1, 0.15) is 23.2 Å². The molecule has 2 aromatic heterocycles. The molecule has 0 radical (unpaired) electrons. The van der Waals surface area contributed by atoms with Crippen LogP contribution in [0.3, 0.4) is 0 Å². The number of benzene rings is 1. The molecule has 3 aromatic rings. The summed E-state index contributed by atoms with van der Waals surface area (Å²) in [5.74, 6) is 1.01. The van der Waals surface area contributed by atoms with Crippen molar-refractivity contribution in [1.29, 1.82) is 0 Å². The van der Waals surface area contributed by atoms with Crippen molar-refractivity contribution in [2.45, 2.75) is 26.3 Å². The second kappa shape index (κ2) is 9.57. The fourth-order valence-corrected chi connectivity index (χ4v) is 3.58. The van der Waals surface area contributed by atoms with Gasteiger partial charge in [0, 0.05) is 36.8 Å². The summed E-state index contributed by atoms with van der Waals surface area (Å²) >= 11 is 0. The SMILES string of the molecule is Cc1nc(N2CCOCC2)[nH]c(=O)c1CCC(=O)Nc1ccnn1Cc1ccccc1. The monoisotopic (exact) mass is 422 g/mol. The number of ether oxygens (including phenoxy) is 1. The van der Waals surface area contributed by atoms with Crippen LogP contribution in [0.25, 0.3) is 0 Å². The van der Waals surface area contributed by atoms with Crippen LogP contribution in [0.5, 0.6) is 0 Å². The Morgan fingerprint density at radius 1 is 1.19 bits per heavy atom. The van der Waals surface area contributed by atoms with E-state index in [0.717, 1.165) is 5.56 Å². The number of anilines is 2. The number of rotatable bonds is 7. The maximum Gasteiger partial charge on any atom is 0.255 e. The highest BCUT2D eigenvalue weighted by Crippen LogP contribution is 2.13. The average Bonchev–Trinajstić information content (AvgIpc) is 3.20. The fraction of sp³-hybridized carbons (Fsp3) is 0.364. The van der Waals surface area contributed by atoms with Crippen molar-refractivity contribution >= 4 is 17.7 Å². The molecule has 9 nitrogen and oxygen atoms in total. The lowest BCUT2D eigenvalue weighted by atomic mass is 10.1. The van der Waals surface area contributed by atoms with Crippen LogP contribution < -0.4 is 15.8 Å². The predicted octanol–water partition coefficient (Wildman–Crippen LogP) is 1.73. The molecule has 0 unspecified atom stereocenters. The number of aryl methyl sites for hydroxylation is 1. The van der Waals surface area contributed by atoms with E-state index in [9.17, 15) is 9.59 Å². The van der Waals surface area contributed by atoms with E-state index in [1.165, 1.54) is 0 Å². The molecule has 1 amide bonds. The summed E-state index contributed by atoms with van der Waals surface area (Å²) in [4.78, 5) is 34.5. The Kier molecular flexibility index (Phi) is 6.42. The lowest BCUT2D eigenvalue weighted by Gasteiger charge is -2.27. The van der Waals surface area contributed by atoms with Gasteiger partial charge in [-0.05, 0) is 18.9 Å². The number of hydrogen-bond donors (Lipinski definition) is 2. The Labute approximate surface area is 180 Å². The second-order valence-electron chi connectivity index (χ2n) is 7.46. The molecule has 1 saturated heterocycles. The van der Waals surface area contributed by atoms with Gasteiger partial charge in [-0.2, -0.15) is 5.10 Å². The zero-order valence-corrected chi connectivity index (χ0v) is 17.5. The summed E-state index contributed by atoms with van der Waals surface area (Å²) in [7, 11) is 0. The van der Waals surface area contributed by atoms with Crippen molar-refractivity contribution in [3.8, 4) is 0 Å². The van der Waals surface area contributed by atoms with E-state index < -0.39 is 0 Å². The summed E-state index contributed by atoms with van der Waals surface area (Å²) in [6, 6.07) is 11.7. The smallest absolute Gasteiger partial charge is 0.255 e. The molecular formula is C22H26N6O3. The molecule has 2 N–H and O–H groups in total. The van der Waals surface area contributed by atoms with Crippen molar-refractivity contribution in [1.82, 2.24) is 19.7 Å². The van der Waals surface area contributed by atoms with Gasteiger partial charge in [-0.15, -0.1) is 0 Å². The average molecular weight is 422 g/mol. The molecule has 3 heterocycles. The van der Waals surface area contributed by atoms with Gasteiger partial charge in [-0.1, -0.05) is 30.3 Å². The number of nitrogens with one attached hydrogen (secondary N) is 2. The molecule has 0 bridgehead atoms. The van der Waals surface area contributed by atoms with E-state index >= 15 is 0 Å². The fourth-order valence-electron chi connectivity index (χ4n) is 3.58. The maximum absolute atomic E-state index is 12.6. The van der Waals surface area contributed by atoms with Crippen LogP contribution >= 0.6 is 0 Å². The van der Waals surface area contributed by atoms with Gasteiger partial charge in [0.15, 0.2) is 0 Å². The number of amides is 1. The van der Waals surface area contributed by atoms with E-state index in [1.807, 2.05) is 35.2 Å². The van der Waals surface area contributed by atoms with Crippen LogP contribution in [-0.2, 0) is 22.5 Å². The number of aromatic amines is 1. The molecule has 31 heavy (non-hydrogen) atoms. The first kappa shape index (κ1) is 20.8. The molecule has 162 valence electrons. The first-order valence-electron chi connectivity index (χ1n) is 10.4. The minimum atomic E-state index is -0.198. The molecule has 1 aromatic carbocycles. The van der Waals surface area contributed by atoms with Crippen LogP contribution in [0.4, 0.5) is 11.8 Å². The number of carbonyl (C=O) groups is 1. The van der Waals surface area contributed by atoms with Crippen LogP contribution in [0.2, 0.25) is 0 Å². The summed E-state index contributed by atoms with van der Waals surface area (Å²) < 4.78 is 7.08. The Balaban J connectivity index is 1.37. The largest absolute Gasteiger partial charge is 0.378 e. The summed E-state index contributed by atoms with van der Waals surface area (Å²) in [6.45, 7) is 5.00. The molecule has 0 saturated carbocycles. The summed E-state index contributed by atoms with van der Waals surface area (Å²) in [6.07, 6.45) is 2.15. The van der Waals surface area contributed by atoms with Gasteiger partial charge in [0.05, 0.1) is 26.0 Å². The minimum Gasteiger partial charge on any atom is -0.378 e. The third-order valence-corrected chi connectivity index (χ3v) is 5.28.